The summed E-state index contributed by atoms with van der Waals surface area (Å²) in [5.74, 6) is -2.53. The molecule has 0 unspecified atom stereocenters. The number of hydrogen-bond acceptors (Lipinski definition) is 5. The first-order valence-electron chi connectivity index (χ1n) is 8.74. The molecule has 152 valence electrons. The number of amides is 3. The van der Waals surface area contributed by atoms with Gasteiger partial charge in [0, 0.05) is 0 Å². The van der Waals surface area contributed by atoms with Gasteiger partial charge in [-0.3, -0.25) is 14.4 Å². The number of benzene rings is 2. The SMILES string of the molecule is O=C(O)CNC(=O)[C@@H](NC(=O)CNC(=O)OCc1ccccc1)c1ccccc1. The van der Waals surface area contributed by atoms with Crippen molar-refractivity contribution in [3.63, 3.8) is 0 Å². The number of hydrogen-bond donors (Lipinski definition) is 4. The predicted molar refractivity (Wildman–Crippen MR) is 103 cm³/mol. The highest BCUT2D eigenvalue weighted by Crippen LogP contribution is 2.12. The van der Waals surface area contributed by atoms with Crippen molar-refractivity contribution >= 4 is 23.9 Å². The van der Waals surface area contributed by atoms with Crippen molar-refractivity contribution in [2.45, 2.75) is 12.6 Å². The van der Waals surface area contributed by atoms with Crippen molar-refractivity contribution < 1.29 is 29.0 Å². The van der Waals surface area contributed by atoms with E-state index in [0.29, 0.717) is 5.56 Å². The van der Waals surface area contributed by atoms with Gasteiger partial charge in [-0.1, -0.05) is 60.7 Å². The van der Waals surface area contributed by atoms with Gasteiger partial charge in [0.25, 0.3) is 0 Å². The average Bonchev–Trinajstić information content (AvgIpc) is 2.74. The highest BCUT2D eigenvalue weighted by Gasteiger charge is 2.23. The zero-order valence-electron chi connectivity index (χ0n) is 15.5. The van der Waals surface area contributed by atoms with Crippen LogP contribution >= 0.6 is 0 Å². The predicted octanol–water partition coefficient (Wildman–Crippen LogP) is 0.971. The number of carbonyl (C=O) groups excluding carboxylic acids is 3. The van der Waals surface area contributed by atoms with Crippen molar-refractivity contribution in [2.75, 3.05) is 13.1 Å². The lowest BCUT2D eigenvalue weighted by atomic mass is 10.1. The second-order valence-electron chi connectivity index (χ2n) is 5.94. The Labute approximate surface area is 167 Å². The Morgan fingerprint density at radius 2 is 1.48 bits per heavy atom. The van der Waals surface area contributed by atoms with Crippen LogP contribution in [0.5, 0.6) is 0 Å². The topological polar surface area (TPSA) is 134 Å². The number of carbonyl (C=O) groups is 4. The minimum atomic E-state index is -1.21. The largest absolute Gasteiger partial charge is 0.480 e. The van der Waals surface area contributed by atoms with Crippen LogP contribution in [-0.2, 0) is 25.7 Å². The van der Waals surface area contributed by atoms with Gasteiger partial charge in [0.05, 0.1) is 0 Å². The molecule has 1 atom stereocenters. The van der Waals surface area contributed by atoms with Crippen LogP contribution in [0.2, 0.25) is 0 Å². The standard InChI is InChI=1S/C20H21N3O6/c24-16(11-22-20(28)29-13-14-7-3-1-4-8-14)23-18(15-9-5-2-6-10-15)19(27)21-12-17(25)26/h1-10,18H,11-13H2,(H,21,27)(H,22,28)(H,23,24)(H,25,26)/t18-/m0/s1. The first kappa shape index (κ1) is 21.4. The summed E-state index contributed by atoms with van der Waals surface area (Å²) in [7, 11) is 0. The molecule has 9 nitrogen and oxygen atoms in total. The Hall–Kier alpha value is -3.88. The summed E-state index contributed by atoms with van der Waals surface area (Å²) < 4.78 is 5.01. The van der Waals surface area contributed by atoms with Gasteiger partial charge in [0.15, 0.2) is 0 Å². The second-order valence-corrected chi connectivity index (χ2v) is 5.94. The number of aliphatic carboxylic acids is 1. The van der Waals surface area contributed by atoms with Crippen molar-refractivity contribution in [2.24, 2.45) is 0 Å². The smallest absolute Gasteiger partial charge is 0.407 e. The highest BCUT2D eigenvalue weighted by molar-refractivity contribution is 5.91. The highest BCUT2D eigenvalue weighted by atomic mass is 16.5. The normalized spacial score (nSPS) is 11.0. The maximum Gasteiger partial charge on any atom is 0.407 e. The van der Waals surface area contributed by atoms with E-state index in [1.807, 2.05) is 18.2 Å². The van der Waals surface area contributed by atoms with Crippen LogP contribution in [0.25, 0.3) is 0 Å². The second kappa shape index (κ2) is 11.1. The molecular weight excluding hydrogens is 378 g/mol. The Balaban J connectivity index is 1.87. The van der Waals surface area contributed by atoms with Gasteiger partial charge in [-0.25, -0.2) is 4.79 Å². The first-order chi connectivity index (χ1) is 14.0. The Kier molecular flexibility index (Phi) is 8.18. The maximum atomic E-state index is 12.3. The molecule has 0 radical (unpaired) electrons. The van der Waals surface area contributed by atoms with Crippen molar-refractivity contribution in [3.05, 3.63) is 71.8 Å². The van der Waals surface area contributed by atoms with Gasteiger partial charge in [-0.05, 0) is 11.1 Å². The van der Waals surface area contributed by atoms with Crippen molar-refractivity contribution in [1.29, 1.82) is 0 Å². The van der Waals surface area contributed by atoms with Gasteiger partial charge in [-0.2, -0.15) is 0 Å². The van der Waals surface area contributed by atoms with Crippen LogP contribution in [0.3, 0.4) is 0 Å². The molecule has 29 heavy (non-hydrogen) atoms. The molecule has 0 aliphatic rings. The van der Waals surface area contributed by atoms with Crippen molar-refractivity contribution in [3.8, 4) is 0 Å². The van der Waals surface area contributed by atoms with E-state index in [4.69, 9.17) is 9.84 Å². The summed E-state index contributed by atoms with van der Waals surface area (Å²) in [6.45, 7) is -0.941. The lowest BCUT2D eigenvalue weighted by Crippen LogP contribution is -2.45. The van der Waals surface area contributed by atoms with E-state index in [9.17, 15) is 19.2 Å². The number of carboxylic acid groups (broad SMARTS) is 1. The Bertz CT molecular complexity index is 842. The quantitative estimate of drug-likeness (QED) is 0.496. The van der Waals surface area contributed by atoms with Crippen LogP contribution in [0.4, 0.5) is 4.79 Å². The minimum absolute atomic E-state index is 0.0541. The summed E-state index contributed by atoms with van der Waals surface area (Å²) in [6.07, 6.45) is -0.782. The molecule has 0 fully saturated rings. The van der Waals surface area contributed by atoms with E-state index >= 15 is 0 Å². The fourth-order valence-corrected chi connectivity index (χ4v) is 2.35. The van der Waals surface area contributed by atoms with Crippen LogP contribution in [0, 0.1) is 0 Å². The van der Waals surface area contributed by atoms with Gasteiger partial charge < -0.3 is 25.8 Å². The number of alkyl carbamates (subject to hydrolysis) is 1. The van der Waals surface area contributed by atoms with E-state index < -0.39 is 43.0 Å². The molecule has 3 amide bonds. The molecule has 9 heteroatoms. The average molecular weight is 399 g/mol. The van der Waals surface area contributed by atoms with Crippen LogP contribution in [-0.4, -0.2) is 42.1 Å². The summed E-state index contributed by atoms with van der Waals surface area (Å²) in [6, 6.07) is 16.3. The Morgan fingerprint density at radius 3 is 2.10 bits per heavy atom. The third kappa shape index (κ3) is 7.71. The molecule has 0 heterocycles. The van der Waals surface area contributed by atoms with Gasteiger partial charge in [0.2, 0.25) is 11.8 Å². The third-order valence-electron chi connectivity index (χ3n) is 3.72. The number of nitrogens with one attached hydrogen (secondary N) is 3. The molecule has 0 bridgehead atoms. The van der Waals surface area contributed by atoms with Gasteiger partial charge >= 0.3 is 12.1 Å². The molecule has 4 N–H and O–H groups in total. The van der Waals surface area contributed by atoms with Crippen LogP contribution in [0.1, 0.15) is 17.2 Å². The molecule has 2 aromatic rings. The molecule has 0 saturated heterocycles. The van der Waals surface area contributed by atoms with E-state index in [1.54, 1.807) is 42.5 Å². The van der Waals surface area contributed by atoms with Crippen LogP contribution < -0.4 is 16.0 Å². The molecule has 0 aliphatic carbocycles. The Morgan fingerprint density at radius 1 is 0.862 bits per heavy atom. The van der Waals surface area contributed by atoms with Gasteiger partial charge in [-0.15, -0.1) is 0 Å². The monoisotopic (exact) mass is 399 g/mol. The summed E-state index contributed by atoms with van der Waals surface area (Å²) in [5, 5.41) is 15.7. The first-order valence-corrected chi connectivity index (χ1v) is 8.74. The lowest BCUT2D eigenvalue weighted by Gasteiger charge is -2.18. The summed E-state index contributed by atoms with van der Waals surface area (Å²) in [5.41, 5.74) is 1.27. The van der Waals surface area contributed by atoms with E-state index in [0.717, 1.165) is 5.56 Å². The molecule has 0 spiro atoms. The lowest BCUT2D eigenvalue weighted by molar-refractivity contribution is -0.138. The molecule has 0 aliphatic heterocycles. The van der Waals surface area contributed by atoms with E-state index in [1.165, 1.54) is 0 Å². The van der Waals surface area contributed by atoms with E-state index in [-0.39, 0.29) is 6.61 Å². The maximum absolute atomic E-state index is 12.3. The summed E-state index contributed by atoms with van der Waals surface area (Å²) in [4.78, 5) is 46.8. The zero-order chi connectivity index (χ0) is 21.1. The van der Waals surface area contributed by atoms with Crippen LogP contribution in [0.15, 0.2) is 60.7 Å². The van der Waals surface area contributed by atoms with E-state index in [2.05, 4.69) is 16.0 Å². The minimum Gasteiger partial charge on any atom is -0.480 e. The number of rotatable bonds is 9. The van der Waals surface area contributed by atoms with Crippen molar-refractivity contribution in [1.82, 2.24) is 16.0 Å². The fourth-order valence-electron chi connectivity index (χ4n) is 2.35. The third-order valence-corrected chi connectivity index (χ3v) is 3.72. The van der Waals surface area contributed by atoms with Gasteiger partial charge in [0.1, 0.15) is 25.7 Å². The summed E-state index contributed by atoms with van der Waals surface area (Å²) >= 11 is 0. The molecule has 2 aromatic carbocycles. The number of carboxylic acids is 1. The fraction of sp³-hybridized carbons (Fsp3) is 0.200. The molecule has 0 aromatic heterocycles. The molecular formula is C20H21N3O6. The molecule has 0 saturated carbocycles. The zero-order valence-corrected chi connectivity index (χ0v) is 15.5. The number of ether oxygens (including phenoxy) is 1. The molecule has 2 rings (SSSR count).